The van der Waals surface area contributed by atoms with Gasteiger partial charge in [0.2, 0.25) is 0 Å². The maximum Gasteiger partial charge on any atom is 1.00 e. The maximum atomic E-state index is 11.7. The monoisotopic (exact) mass is 2030 g/mol. The minimum atomic E-state index is -0.929. The van der Waals surface area contributed by atoms with Gasteiger partial charge in [-0.1, -0.05) is 105 Å². The zero-order valence-corrected chi connectivity index (χ0v) is 86.8. The molecule has 0 unspecified atom stereocenters. The second-order valence-electron chi connectivity index (χ2n) is 40.2. The number of hydrogen-bond acceptors (Lipinski definition) is 17. The molecule has 8 fully saturated rings. The number of piperidine rings is 4. The van der Waals surface area contributed by atoms with Crippen LogP contribution in [0.5, 0.6) is 28.7 Å². The summed E-state index contributed by atoms with van der Waals surface area (Å²) in [6.07, 6.45) is 24.4. The summed E-state index contributed by atoms with van der Waals surface area (Å²) < 4.78 is 27.9. The summed E-state index contributed by atoms with van der Waals surface area (Å²) in [6.45, 7) is 28.4. The van der Waals surface area contributed by atoms with Crippen LogP contribution < -0.4 is 43.8 Å². The molecule has 8 aromatic carbocycles. The van der Waals surface area contributed by atoms with E-state index < -0.39 is 17.9 Å². The third-order valence-electron chi connectivity index (χ3n) is 32.3. The fourth-order valence-corrected chi connectivity index (χ4v) is 24.1. The molecule has 4 saturated heterocycles. The number of esters is 2. The van der Waals surface area contributed by atoms with Crippen molar-refractivity contribution >= 4 is 74.3 Å². The number of benzene rings is 8. The summed E-state index contributed by atoms with van der Waals surface area (Å²) in [7, 11) is 2.72. The molecule has 716 valence electrons. The number of ether oxygens (including phenoxy) is 5. The molecule has 0 radical (unpaired) electrons. The van der Waals surface area contributed by atoms with Gasteiger partial charge in [0.05, 0.1) is 56.3 Å². The van der Waals surface area contributed by atoms with E-state index in [-0.39, 0.29) is 82.6 Å². The van der Waals surface area contributed by atoms with Gasteiger partial charge in [-0.15, -0.1) is 47.3 Å². The van der Waals surface area contributed by atoms with Gasteiger partial charge < -0.3 is 60.2 Å². The molecular weight excluding hydrogens is 1890 g/mol. The van der Waals surface area contributed by atoms with Crippen LogP contribution >= 0.6 is 47.3 Å². The number of methoxy groups -OCH3 is 2. The summed E-state index contributed by atoms with van der Waals surface area (Å²) in [5, 5.41) is 47.0. The fraction of sp³-hybridized carbons (Fsp3) is 0.523. The summed E-state index contributed by atoms with van der Waals surface area (Å²) >= 11 is 9.31. The molecule has 25 heteroatoms. The zero-order chi connectivity index (χ0) is 92.6. The van der Waals surface area contributed by atoms with Crippen LogP contribution in [0.2, 0.25) is 0 Å². The molecular formula is C109H139BBr3N4NaO16. The van der Waals surface area contributed by atoms with Crippen molar-refractivity contribution in [3.8, 4) is 28.7 Å². The first-order valence-corrected chi connectivity index (χ1v) is 51.0. The van der Waals surface area contributed by atoms with E-state index in [1.807, 2.05) is 24.3 Å². The third kappa shape index (κ3) is 24.8. The van der Waals surface area contributed by atoms with Crippen LogP contribution in [0.15, 0.2) is 170 Å². The Labute approximate surface area is 841 Å². The number of halogens is 3. The van der Waals surface area contributed by atoms with Crippen LogP contribution in [-0.4, -0.2) is 200 Å². The van der Waals surface area contributed by atoms with Crippen molar-refractivity contribution in [3.63, 3.8) is 0 Å². The first kappa shape index (κ1) is 106. The number of carbonyl (C=O) groups excluding carboxylic acids is 2. The number of phenolic OH excluding ortho intramolecular Hbond substituents is 2. The molecule has 8 bridgehead atoms. The fourth-order valence-electron chi connectivity index (χ4n) is 24.1. The number of aliphatic hydroxyl groups excluding tert-OH is 1. The Morgan fingerprint density at radius 2 is 0.627 bits per heavy atom. The standard InChI is InChI=1S/C28H35NO3.C27H33NO3.C26H31NO4.C20H29NO.C8H8O3.BBr3.Na.2H2O/c1-19-4-7-23-17-26-20(2)28(25(23)16-19,12-14-29(26)18-21-5-6-21)13-15-32-24-10-8-22(9-11-24)27(30)31-3;1-18-3-6-22-16-25-19(2)27(24(22)15-18,11-13-28(25)17-20-4-5-20)12-14-31-23-9-7-21(8-10-23)26(29)30;1-17-24-14-20-4-7-21(28)15-23(20)26(17,10-12-27(24)16-18-2-3-18)11-13-31-22-8-5-19(6-9-22)25(29)30;1-14-3-6-17-12-19-15(2)20(8-10-22,18(17)11-14)7-9-21(19)13-16-4-5-16;1-11-8(10)6-2-4-7(9)5-3-6;2-1(3)4;;;/h4,7-11,16,20-21,26H,5-6,12-15,17-18H2,1-3H3;3,6-10,15,19-20,25H,4-5,11-14,16-17H2,1-2H3,(H,29,30);4-9,15,17-18,24,28H,2-3,10-14,16H2,1H3,(H,29,30);3,6,11,15-16,19,22H,4-5,7-10,12-13H2,1-2H3;2-5,9H,1H3;;;2*1H2/q;;;;;;+1;;/p-1/t20-,26+,28+;19-,25+,27+;17-,24+,26+;15-,19+,20+;;;;;/m0000...../s1. The van der Waals surface area contributed by atoms with Gasteiger partial charge in [0.15, 0.2) is 0 Å². The molecule has 8 N–H and O–H groups in total. The Hall–Kier alpha value is -7.14. The van der Waals surface area contributed by atoms with Crippen LogP contribution in [-0.2, 0) is 56.8 Å². The number of rotatable bonds is 26. The average Bonchev–Trinajstić information content (AvgIpc) is 0.791. The van der Waals surface area contributed by atoms with Gasteiger partial charge in [-0.05, 0) is 376 Å². The van der Waals surface area contributed by atoms with Crippen molar-refractivity contribution in [3.05, 3.63) is 253 Å². The van der Waals surface area contributed by atoms with Gasteiger partial charge >= 0.3 is 56.6 Å². The van der Waals surface area contributed by atoms with Crippen molar-refractivity contribution in [1.29, 1.82) is 0 Å². The number of aryl methyl sites for hydroxylation is 3. The molecule has 4 aliphatic heterocycles. The Kier molecular flexibility index (Phi) is 36.9. The van der Waals surface area contributed by atoms with E-state index in [0.717, 1.165) is 80.2 Å². The van der Waals surface area contributed by atoms with Crippen LogP contribution in [0.4, 0.5) is 0 Å². The molecule has 0 aromatic heterocycles. The number of aromatic carboxylic acids is 2. The second-order valence-corrected chi connectivity index (χ2v) is 46.6. The molecule has 20 nitrogen and oxygen atoms in total. The van der Waals surface area contributed by atoms with Crippen molar-refractivity contribution in [1.82, 2.24) is 19.6 Å². The summed E-state index contributed by atoms with van der Waals surface area (Å²) in [4.78, 5) is 55.7. The predicted molar refractivity (Wildman–Crippen MR) is 535 cm³/mol. The van der Waals surface area contributed by atoms with E-state index in [0.29, 0.717) is 102 Å². The van der Waals surface area contributed by atoms with Crippen LogP contribution in [0.25, 0.3) is 0 Å². The van der Waals surface area contributed by atoms with Crippen LogP contribution in [0.3, 0.4) is 0 Å². The van der Waals surface area contributed by atoms with Gasteiger partial charge in [-0.3, -0.25) is 19.6 Å². The third-order valence-corrected chi connectivity index (χ3v) is 32.3. The molecule has 0 spiro atoms. The molecule has 12 atom stereocenters. The minimum absolute atomic E-state index is 0. The van der Waals surface area contributed by atoms with Crippen molar-refractivity contribution in [2.45, 2.75) is 223 Å². The Morgan fingerprint density at radius 1 is 0.381 bits per heavy atom. The number of fused-ring (bicyclic) bond motifs is 16. The van der Waals surface area contributed by atoms with Gasteiger partial charge in [0.25, 0.3) is 0 Å². The van der Waals surface area contributed by atoms with E-state index in [4.69, 9.17) is 34.3 Å². The van der Waals surface area contributed by atoms with E-state index in [1.54, 1.807) is 88.5 Å². The summed E-state index contributed by atoms with van der Waals surface area (Å²) in [5.41, 5.74) is 18.1. The largest absolute Gasteiger partial charge is 1.00 e. The second kappa shape index (κ2) is 46.8. The van der Waals surface area contributed by atoms with Gasteiger partial charge in [0, 0.05) is 78.6 Å². The SMILES string of the molecule is BrB(Br)Br.COC(=O)c1ccc(O)cc1.COC(=O)c1ccc(OCC[C@@]23CCN(CC4CC4)[C@H](Cc4ccc(C)cc42)[C@@H]3C)cc1.C[C@H]1[C@H]2Cc3ccc(O)cc3[C@@]1(CCOc1ccc(C(=O)O)cc1)CCN2CC1CC1.Cc1ccc2c(c1)[C@@]1(CCO)CCN(CC3CC3)[C@H](C2)[C@@H]1C.Cc1ccc2c(c1)[C@@]1(CCOc3ccc(C(=O)O)cc3)CCN(CC3CC3)[C@H](C2)[C@@H]1C.O.[Na+].[OH-]. The molecule has 20 rings (SSSR count). The number of carboxylic acid groups (broad SMARTS) is 2. The molecule has 4 saturated carbocycles. The number of carboxylic acids is 2. The first-order chi connectivity index (χ1) is 63.0. The van der Waals surface area contributed by atoms with Gasteiger partial charge in [-0.25, -0.2) is 19.2 Å². The molecule has 8 aromatic rings. The van der Waals surface area contributed by atoms with Crippen LogP contribution in [0, 0.1) is 68.1 Å². The number of likely N-dealkylation sites (tertiary alicyclic amines) is 4. The normalized spacial score (nSPS) is 25.8. The molecule has 0 amide bonds. The van der Waals surface area contributed by atoms with E-state index >= 15 is 0 Å². The van der Waals surface area contributed by atoms with Crippen molar-refractivity contribution in [2.24, 2.45) is 47.3 Å². The number of aliphatic hydroxyl groups is 1. The molecule has 8 aliphatic carbocycles. The van der Waals surface area contributed by atoms with Gasteiger partial charge in [-0.2, -0.15) is 0 Å². The average molecular weight is 2030 g/mol. The summed E-state index contributed by atoms with van der Waals surface area (Å²) in [6, 6.07) is 56.2. The zero-order valence-electron chi connectivity index (χ0n) is 80.1. The molecule has 12 aliphatic rings. The van der Waals surface area contributed by atoms with E-state index in [9.17, 15) is 29.4 Å². The minimum Gasteiger partial charge on any atom is -0.870 e. The number of phenols is 2. The number of aromatic hydroxyl groups is 2. The maximum absolute atomic E-state index is 11.7. The first-order valence-electron chi connectivity index (χ1n) is 48.3. The Morgan fingerprint density at radius 3 is 0.888 bits per heavy atom. The van der Waals surface area contributed by atoms with Crippen LogP contribution in [0.1, 0.15) is 233 Å². The Balaban J connectivity index is 0.000000153. The Bertz CT molecular complexity index is 5100. The molecule has 134 heavy (non-hydrogen) atoms. The smallest absolute Gasteiger partial charge is 0.870 e. The predicted octanol–water partition coefficient (Wildman–Crippen LogP) is 17.3. The quantitative estimate of drug-likeness (QED) is 0.0249. The number of nitrogens with zero attached hydrogens (tertiary/aromatic N) is 4. The number of hydrogen-bond donors (Lipinski definition) is 5. The topological polar surface area (TPSA) is 290 Å². The van der Waals surface area contributed by atoms with E-state index in [2.05, 4.69) is 181 Å². The van der Waals surface area contributed by atoms with Crippen molar-refractivity contribution in [2.75, 3.05) is 93.0 Å². The van der Waals surface area contributed by atoms with Crippen molar-refractivity contribution < 1.29 is 109 Å². The van der Waals surface area contributed by atoms with Gasteiger partial charge in [0.1, 0.15) is 28.7 Å². The summed E-state index contributed by atoms with van der Waals surface area (Å²) in [5.74, 6) is 6.27. The number of carbonyl (C=O) groups is 4. The van der Waals surface area contributed by atoms with E-state index in [1.165, 1.54) is 208 Å². The molecule has 4 heterocycles.